The van der Waals surface area contributed by atoms with Crippen LogP contribution >= 0.6 is 15.9 Å². The van der Waals surface area contributed by atoms with Crippen molar-refractivity contribution in [3.05, 3.63) is 28.2 Å². The fraction of sp³-hybridized carbons (Fsp3) is 0.625. The van der Waals surface area contributed by atoms with Gasteiger partial charge in [0.15, 0.2) is 0 Å². The number of hydrogen-bond acceptors (Lipinski definition) is 2. The summed E-state index contributed by atoms with van der Waals surface area (Å²) in [5.41, 5.74) is 2.69. The lowest BCUT2D eigenvalue weighted by Crippen LogP contribution is -2.27. The molecule has 1 unspecified atom stereocenters. The van der Waals surface area contributed by atoms with Crippen molar-refractivity contribution in [3.63, 3.8) is 0 Å². The first-order chi connectivity index (χ1) is 9.22. The van der Waals surface area contributed by atoms with E-state index in [-0.39, 0.29) is 0 Å². The van der Waals surface area contributed by atoms with E-state index in [1.54, 1.807) is 0 Å². The van der Waals surface area contributed by atoms with Crippen molar-refractivity contribution in [2.45, 2.75) is 45.1 Å². The van der Waals surface area contributed by atoms with Gasteiger partial charge in [0.05, 0.1) is 0 Å². The monoisotopic (exact) mass is 324 g/mol. The topological polar surface area (TPSA) is 15.3 Å². The van der Waals surface area contributed by atoms with E-state index in [0.29, 0.717) is 6.04 Å². The Morgan fingerprint density at radius 2 is 1.74 bits per heavy atom. The Morgan fingerprint density at radius 3 is 2.32 bits per heavy atom. The molecule has 0 aromatic heterocycles. The van der Waals surface area contributed by atoms with Gasteiger partial charge >= 0.3 is 0 Å². The Hall–Kier alpha value is -0.540. The van der Waals surface area contributed by atoms with Crippen molar-refractivity contribution >= 4 is 21.6 Å². The van der Waals surface area contributed by atoms with Crippen LogP contribution in [-0.4, -0.2) is 20.1 Å². The van der Waals surface area contributed by atoms with Gasteiger partial charge in [0.1, 0.15) is 0 Å². The summed E-state index contributed by atoms with van der Waals surface area (Å²) >= 11 is 3.72. The smallest absolute Gasteiger partial charge is 0.0377 e. The van der Waals surface area contributed by atoms with E-state index in [4.69, 9.17) is 0 Å². The van der Waals surface area contributed by atoms with Gasteiger partial charge in [-0.15, -0.1) is 0 Å². The highest BCUT2D eigenvalue weighted by Crippen LogP contribution is 2.29. The molecule has 0 bridgehead atoms. The lowest BCUT2D eigenvalue weighted by molar-refractivity contribution is 0.556. The van der Waals surface area contributed by atoms with Crippen molar-refractivity contribution in [2.24, 2.45) is 0 Å². The maximum atomic E-state index is 3.72. The largest absolute Gasteiger partial charge is 0.372 e. The molecule has 1 atom stereocenters. The Labute approximate surface area is 125 Å². The molecular formula is C16H25BrN2. The molecular weight excluding hydrogens is 300 g/mol. The molecule has 1 aromatic rings. The van der Waals surface area contributed by atoms with E-state index in [1.807, 2.05) is 7.05 Å². The molecule has 1 N–H and O–H groups in total. The SMILES string of the molecule is CNC(C)c1ccc(N2CCCCCCC2)cc1Br. The number of anilines is 1. The fourth-order valence-electron chi connectivity index (χ4n) is 2.73. The minimum Gasteiger partial charge on any atom is -0.372 e. The van der Waals surface area contributed by atoms with Gasteiger partial charge in [-0.2, -0.15) is 0 Å². The molecule has 3 heteroatoms. The Kier molecular flexibility index (Phi) is 5.71. The molecule has 1 aliphatic heterocycles. The summed E-state index contributed by atoms with van der Waals surface area (Å²) in [7, 11) is 2.00. The lowest BCUT2D eigenvalue weighted by atomic mass is 10.1. The van der Waals surface area contributed by atoms with Crippen LogP contribution in [0, 0.1) is 0 Å². The van der Waals surface area contributed by atoms with Crippen LogP contribution in [0.3, 0.4) is 0 Å². The van der Waals surface area contributed by atoms with Crippen LogP contribution in [0.4, 0.5) is 5.69 Å². The Bertz CT molecular complexity index is 398. The molecule has 1 aliphatic rings. The molecule has 19 heavy (non-hydrogen) atoms. The van der Waals surface area contributed by atoms with E-state index < -0.39 is 0 Å². The second kappa shape index (κ2) is 7.30. The highest BCUT2D eigenvalue weighted by Gasteiger charge is 2.12. The van der Waals surface area contributed by atoms with E-state index in [9.17, 15) is 0 Å². The molecule has 0 amide bonds. The Morgan fingerprint density at radius 1 is 1.11 bits per heavy atom. The zero-order valence-electron chi connectivity index (χ0n) is 12.1. The molecule has 1 heterocycles. The van der Waals surface area contributed by atoms with Crippen molar-refractivity contribution < 1.29 is 0 Å². The molecule has 106 valence electrons. The second-order valence-corrected chi connectivity index (χ2v) is 6.33. The zero-order chi connectivity index (χ0) is 13.7. The maximum Gasteiger partial charge on any atom is 0.0377 e. The summed E-state index contributed by atoms with van der Waals surface area (Å²) in [5.74, 6) is 0. The standard InChI is InChI=1S/C16H25BrN2/c1-13(18-2)15-9-8-14(12-16(15)17)19-10-6-4-3-5-7-11-19/h8-9,12-13,18H,3-7,10-11H2,1-2H3. The summed E-state index contributed by atoms with van der Waals surface area (Å²) in [5, 5.41) is 3.30. The van der Waals surface area contributed by atoms with E-state index >= 15 is 0 Å². The average Bonchev–Trinajstić information content (AvgIpc) is 2.37. The second-order valence-electron chi connectivity index (χ2n) is 5.47. The van der Waals surface area contributed by atoms with Crippen LogP contribution in [0.2, 0.25) is 0 Å². The maximum absolute atomic E-state index is 3.72. The molecule has 1 fully saturated rings. The van der Waals surface area contributed by atoms with Gasteiger partial charge in [0.25, 0.3) is 0 Å². The summed E-state index contributed by atoms with van der Waals surface area (Å²) in [4.78, 5) is 2.54. The van der Waals surface area contributed by atoms with Crippen molar-refractivity contribution in [3.8, 4) is 0 Å². The highest BCUT2D eigenvalue weighted by atomic mass is 79.9. The average molecular weight is 325 g/mol. The van der Waals surface area contributed by atoms with Crippen LogP contribution in [0.5, 0.6) is 0 Å². The first kappa shape index (κ1) is 14.9. The molecule has 2 nitrogen and oxygen atoms in total. The van der Waals surface area contributed by atoms with Crippen LogP contribution in [0.1, 0.15) is 50.6 Å². The van der Waals surface area contributed by atoms with Gasteiger partial charge in [-0.05, 0) is 44.5 Å². The van der Waals surface area contributed by atoms with Crippen molar-refractivity contribution in [1.29, 1.82) is 0 Å². The van der Waals surface area contributed by atoms with Gasteiger partial charge < -0.3 is 10.2 Å². The lowest BCUT2D eigenvalue weighted by Gasteiger charge is -2.27. The predicted molar refractivity (Wildman–Crippen MR) is 86.9 cm³/mol. The van der Waals surface area contributed by atoms with E-state index in [2.05, 4.69) is 51.3 Å². The third kappa shape index (κ3) is 3.96. The Balaban J connectivity index is 2.13. The van der Waals surface area contributed by atoms with Gasteiger partial charge in [0, 0.05) is 29.3 Å². The number of nitrogens with zero attached hydrogens (tertiary/aromatic N) is 1. The molecule has 2 rings (SSSR count). The minimum absolute atomic E-state index is 0.385. The summed E-state index contributed by atoms with van der Waals surface area (Å²) < 4.78 is 1.22. The first-order valence-electron chi connectivity index (χ1n) is 7.44. The minimum atomic E-state index is 0.385. The molecule has 1 aromatic carbocycles. The number of hydrogen-bond donors (Lipinski definition) is 1. The van der Waals surface area contributed by atoms with E-state index in [0.717, 1.165) is 0 Å². The van der Waals surface area contributed by atoms with Gasteiger partial charge in [-0.25, -0.2) is 0 Å². The molecule has 0 spiro atoms. The predicted octanol–water partition coefficient (Wildman–Crippen LogP) is 4.50. The van der Waals surface area contributed by atoms with Crippen LogP contribution in [-0.2, 0) is 0 Å². The summed E-state index contributed by atoms with van der Waals surface area (Å²) in [6, 6.07) is 7.19. The molecule has 0 saturated carbocycles. The number of benzene rings is 1. The van der Waals surface area contributed by atoms with Gasteiger partial charge in [0.2, 0.25) is 0 Å². The fourth-order valence-corrected chi connectivity index (χ4v) is 3.44. The molecule has 0 aliphatic carbocycles. The van der Waals surface area contributed by atoms with Crippen LogP contribution < -0.4 is 10.2 Å². The number of rotatable bonds is 3. The summed E-state index contributed by atoms with van der Waals surface area (Å²) in [6.07, 6.45) is 6.83. The van der Waals surface area contributed by atoms with Gasteiger partial charge in [-0.3, -0.25) is 0 Å². The van der Waals surface area contributed by atoms with Gasteiger partial charge in [-0.1, -0.05) is 41.3 Å². The number of nitrogens with one attached hydrogen (secondary N) is 1. The van der Waals surface area contributed by atoms with E-state index in [1.165, 1.54) is 60.9 Å². The zero-order valence-corrected chi connectivity index (χ0v) is 13.7. The van der Waals surface area contributed by atoms with Crippen molar-refractivity contribution in [1.82, 2.24) is 5.32 Å². The van der Waals surface area contributed by atoms with Crippen LogP contribution in [0.15, 0.2) is 22.7 Å². The summed E-state index contributed by atoms with van der Waals surface area (Å²) in [6.45, 7) is 4.59. The third-order valence-electron chi connectivity index (χ3n) is 4.10. The quantitative estimate of drug-likeness (QED) is 0.880. The van der Waals surface area contributed by atoms with Crippen LogP contribution in [0.25, 0.3) is 0 Å². The third-order valence-corrected chi connectivity index (χ3v) is 4.79. The highest BCUT2D eigenvalue weighted by molar-refractivity contribution is 9.10. The van der Waals surface area contributed by atoms with Crippen molar-refractivity contribution in [2.75, 3.05) is 25.0 Å². The molecule has 1 saturated heterocycles. The number of halogens is 1. The molecule has 0 radical (unpaired) electrons. The first-order valence-corrected chi connectivity index (χ1v) is 8.23. The normalized spacial score (nSPS) is 18.8.